The number of benzene rings is 2. The first-order chi connectivity index (χ1) is 12.6. The van der Waals surface area contributed by atoms with Crippen LogP contribution >= 0.6 is 0 Å². The summed E-state index contributed by atoms with van der Waals surface area (Å²) in [5.74, 6) is 0.283. The second kappa shape index (κ2) is 6.71. The first kappa shape index (κ1) is 16.4. The van der Waals surface area contributed by atoms with Gasteiger partial charge in [0.1, 0.15) is 34.8 Å². The molecule has 0 bridgehead atoms. The van der Waals surface area contributed by atoms with Crippen molar-refractivity contribution in [2.75, 3.05) is 16.8 Å². The van der Waals surface area contributed by atoms with E-state index in [1.54, 1.807) is 13.0 Å². The fourth-order valence-corrected chi connectivity index (χ4v) is 3.27. The van der Waals surface area contributed by atoms with Crippen molar-refractivity contribution in [2.24, 2.45) is 0 Å². The largest absolute Gasteiger partial charge is 0.335 e. The highest BCUT2D eigenvalue weighted by Crippen LogP contribution is 2.33. The first-order valence-electron chi connectivity index (χ1n) is 8.54. The van der Waals surface area contributed by atoms with Crippen LogP contribution in [0.1, 0.15) is 17.8 Å². The number of para-hydroxylation sites is 2. The van der Waals surface area contributed by atoms with Gasteiger partial charge in [-0.15, -0.1) is 0 Å². The minimum absolute atomic E-state index is 0.212. The molecule has 0 saturated carbocycles. The van der Waals surface area contributed by atoms with Crippen LogP contribution in [0.3, 0.4) is 0 Å². The summed E-state index contributed by atoms with van der Waals surface area (Å²) in [4.78, 5) is 10.9. The molecular formula is C20H18F2N4. The van der Waals surface area contributed by atoms with Crippen LogP contribution in [0.25, 0.3) is 0 Å². The lowest BCUT2D eigenvalue weighted by Crippen LogP contribution is -2.25. The fourth-order valence-electron chi connectivity index (χ4n) is 3.27. The highest BCUT2D eigenvalue weighted by molar-refractivity contribution is 5.68. The molecule has 4 nitrogen and oxygen atoms in total. The predicted octanol–water partition coefficient (Wildman–Crippen LogP) is 4.89. The maximum atomic E-state index is 13.9. The van der Waals surface area contributed by atoms with E-state index in [1.807, 2.05) is 12.1 Å². The number of hydrogen-bond acceptors (Lipinski definition) is 4. The Balaban J connectivity index is 1.72. The topological polar surface area (TPSA) is 41.1 Å². The summed E-state index contributed by atoms with van der Waals surface area (Å²) in [6.45, 7) is 2.60. The second-order valence-electron chi connectivity index (χ2n) is 6.26. The summed E-state index contributed by atoms with van der Waals surface area (Å²) < 4.78 is 27.9. The number of halogens is 2. The van der Waals surface area contributed by atoms with Crippen molar-refractivity contribution in [3.63, 3.8) is 0 Å². The van der Waals surface area contributed by atoms with Crippen LogP contribution in [0.15, 0.2) is 48.5 Å². The van der Waals surface area contributed by atoms with Crippen LogP contribution in [0.4, 0.5) is 31.8 Å². The van der Waals surface area contributed by atoms with Gasteiger partial charge in [0.25, 0.3) is 0 Å². The molecule has 1 aliphatic heterocycles. The Labute approximate surface area is 150 Å². The summed E-state index contributed by atoms with van der Waals surface area (Å²) in [7, 11) is 0. The molecule has 132 valence electrons. The Morgan fingerprint density at radius 2 is 1.77 bits per heavy atom. The van der Waals surface area contributed by atoms with Gasteiger partial charge in [0, 0.05) is 18.3 Å². The van der Waals surface area contributed by atoms with Crippen molar-refractivity contribution in [3.8, 4) is 0 Å². The molecule has 3 aromatic rings. The SMILES string of the molecule is Cc1nc(Nc2c(F)cccc2F)cc(N2CCCc3ccccc32)n1. The maximum Gasteiger partial charge on any atom is 0.149 e. The van der Waals surface area contributed by atoms with Gasteiger partial charge in [0.05, 0.1) is 0 Å². The van der Waals surface area contributed by atoms with E-state index in [0.29, 0.717) is 17.5 Å². The van der Waals surface area contributed by atoms with E-state index in [4.69, 9.17) is 0 Å². The van der Waals surface area contributed by atoms with Crippen molar-refractivity contribution in [2.45, 2.75) is 19.8 Å². The number of hydrogen-bond donors (Lipinski definition) is 1. The summed E-state index contributed by atoms with van der Waals surface area (Å²) in [6.07, 6.45) is 2.05. The zero-order chi connectivity index (χ0) is 18.1. The Morgan fingerprint density at radius 3 is 2.58 bits per heavy atom. The monoisotopic (exact) mass is 352 g/mol. The van der Waals surface area contributed by atoms with Gasteiger partial charge in [-0.05, 0) is 43.5 Å². The number of fused-ring (bicyclic) bond motifs is 1. The predicted molar refractivity (Wildman–Crippen MR) is 98.2 cm³/mol. The van der Waals surface area contributed by atoms with Crippen LogP contribution in [-0.2, 0) is 6.42 Å². The van der Waals surface area contributed by atoms with Gasteiger partial charge in [-0.1, -0.05) is 24.3 Å². The number of aryl methyl sites for hydroxylation is 2. The first-order valence-corrected chi connectivity index (χ1v) is 8.54. The molecule has 1 aromatic heterocycles. The van der Waals surface area contributed by atoms with E-state index in [-0.39, 0.29) is 5.69 Å². The van der Waals surface area contributed by atoms with Gasteiger partial charge in [-0.2, -0.15) is 0 Å². The molecule has 6 heteroatoms. The van der Waals surface area contributed by atoms with E-state index < -0.39 is 11.6 Å². The zero-order valence-electron chi connectivity index (χ0n) is 14.3. The molecule has 0 aliphatic carbocycles. The highest BCUT2D eigenvalue weighted by atomic mass is 19.1. The van der Waals surface area contributed by atoms with E-state index in [2.05, 4.69) is 32.3 Å². The van der Waals surface area contributed by atoms with Crippen molar-refractivity contribution in [1.29, 1.82) is 0 Å². The molecule has 2 heterocycles. The van der Waals surface area contributed by atoms with Gasteiger partial charge in [0.2, 0.25) is 0 Å². The normalized spacial score (nSPS) is 13.4. The minimum atomic E-state index is -0.661. The highest BCUT2D eigenvalue weighted by Gasteiger charge is 2.20. The van der Waals surface area contributed by atoms with Crippen molar-refractivity contribution >= 4 is 23.0 Å². The lowest BCUT2D eigenvalue weighted by atomic mass is 10.0. The van der Waals surface area contributed by atoms with Crippen LogP contribution in [0.2, 0.25) is 0 Å². The lowest BCUT2D eigenvalue weighted by molar-refractivity contribution is 0.590. The fraction of sp³-hybridized carbons (Fsp3) is 0.200. The molecule has 0 atom stereocenters. The number of rotatable bonds is 3. The second-order valence-corrected chi connectivity index (χ2v) is 6.26. The molecule has 1 N–H and O–H groups in total. The molecule has 0 amide bonds. The third kappa shape index (κ3) is 3.10. The molecule has 0 radical (unpaired) electrons. The Morgan fingerprint density at radius 1 is 1.00 bits per heavy atom. The van der Waals surface area contributed by atoms with Gasteiger partial charge < -0.3 is 10.2 Å². The summed E-state index contributed by atoms with van der Waals surface area (Å²) in [6, 6.07) is 13.7. The third-order valence-electron chi connectivity index (χ3n) is 4.43. The Hall–Kier alpha value is -3.02. The van der Waals surface area contributed by atoms with Gasteiger partial charge in [-0.3, -0.25) is 0 Å². The van der Waals surface area contributed by atoms with Crippen LogP contribution < -0.4 is 10.2 Å². The maximum absolute atomic E-state index is 13.9. The minimum Gasteiger partial charge on any atom is -0.335 e. The van der Waals surface area contributed by atoms with Gasteiger partial charge in [0.15, 0.2) is 0 Å². The summed E-state index contributed by atoms with van der Waals surface area (Å²) in [5, 5.41) is 2.76. The van der Waals surface area contributed by atoms with Crippen LogP contribution in [-0.4, -0.2) is 16.5 Å². The van der Waals surface area contributed by atoms with Crippen molar-refractivity contribution in [1.82, 2.24) is 9.97 Å². The molecule has 2 aromatic carbocycles. The van der Waals surface area contributed by atoms with Crippen molar-refractivity contribution < 1.29 is 8.78 Å². The van der Waals surface area contributed by atoms with Crippen molar-refractivity contribution in [3.05, 3.63) is 71.6 Å². The van der Waals surface area contributed by atoms with Gasteiger partial charge in [-0.25, -0.2) is 18.7 Å². The quantitative estimate of drug-likeness (QED) is 0.729. The van der Waals surface area contributed by atoms with E-state index in [1.165, 1.54) is 23.8 Å². The number of aromatic nitrogens is 2. The average Bonchev–Trinajstić information content (AvgIpc) is 2.64. The molecular weight excluding hydrogens is 334 g/mol. The van der Waals surface area contributed by atoms with E-state index in [9.17, 15) is 8.78 Å². The Bertz CT molecular complexity index is 938. The summed E-state index contributed by atoms with van der Waals surface area (Å²) >= 11 is 0. The molecule has 0 unspecified atom stereocenters. The zero-order valence-corrected chi connectivity index (χ0v) is 14.3. The standard InChI is InChI=1S/C20H18F2N4/c1-13-23-18(25-20-15(21)8-4-9-16(20)22)12-19(24-13)26-11-5-7-14-6-2-3-10-17(14)26/h2-4,6,8-10,12H,5,7,11H2,1H3,(H,23,24,25). The van der Waals surface area contributed by atoms with Crippen LogP contribution in [0, 0.1) is 18.6 Å². The number of nitrogens with zero attached hydrogens (tertiary/aromatic N) is 3. The lowest BCUT2D eigenvalue weighted by Gasteiger charge is -2.30. The van der Waals surface area contributed by atoms with Crippen LogP contribution in [0.5, 0.6) is 0 Å². The molecule has 0 fully saturated rings. The van der Waals surface area contributed by atoms with E-state index in [0.717, 1.165) is 25.1 Å². The number of nitrogens with one attached hydrogen (secondary N) is 1. The Kier molecular flexibility index (Phi) is 4.24. The molecule has 0 spiro atoms. The molecule has 26 heavy (non-hydrogen) atoms. The summed E-state index contributed by atoms with van der Waals surface area (Å²) in [5.41, 5.74) is 2.17. The molecule has 0 saturated heterocycles. The average molecular weight is 352 g/mol. The number of anilines is 4. The van der Waals surface area contributed by atoms with Gasteiger partial charge >= 0.3 is 0 Å². The molecule has 1 aliphatic rings. The smallest absolute Gasteiger partial charge is 0.149 e. The molecule has 4 rings (SSSR count). The van der Waals surface area contributed by atoms with E-state index >= 15 is 0 Å². The third-order valence-corrected chi connectivity index (χ3v) is 4.43.